The highest BCUT2D eigenvalue weighted by Gasteiger charge is 2.51. The fourth-order valence-corrected chi connectivity index (χ4v) is 6.35. The molecule has 4 saturated carbocycles. The molecule has 1 aromatic rings. The van der Waals surface area contributed by atoms with E-state index >= 15 is 0 Å². The Balaban J connectivity index is 1.22. The number of carbonyl (C=O) groups excluding carboxylic acids is 3. The van der Waals surface area contributed by atoms with Crippen LogP contribution < -0.4 is 15.4 Å². The number of hydrogen-bond acceptors (Lipinski definition) is 5. The van der Waals surface area contributed by atoms with Crippen LogP contribution in [0.1, 0.15) is 51.9 Å². The van der Waals surface area contributed by atoms with Crippen molar-refractivity contribution in [1.82, 2.24) is 5.32 Å². The van der Waals surface area contributed by atoms with E-state index in [4.69, 9.17) is 9.47 Å². The number of rotatable bonds is 8. The number of anilines is 1. The minimum Gasteiger partial charge on any atom is -0.495 e. The summed E-state index contributed by atoms with van der Waals surface area (Å²) in [6.07, 6.45) is 6.96. The maximum atomic E-state index is 12.6. The molecule has 0 unspecified atom stereocenters. The summed E-state index contributed by atoms with van der Waals surface area (Å²) in [6.45, 7) is 1.28. The lowest BCUT2D eigenvalue weighted by Crippen LogP contribution is -2.48. The first kappa shape index (κ1) is 21.7. The molecule has 0 spiro atoms. The Hall–Kier alpha value is -2.57. The second-order valence-electron chi connectivity index (χ2n) is 9.69. The van der Waals surface area contributed by atoms with E-state index in [1.807, 2.05) is 0 Å². The molecule has 4 bridgehead atoms. The molecule has 5 rings (SSSR count). The summed E-state index contributed by atoms with van der Waals surface area (Å²) < 4.78 is 10.4. The van der Waals surface area contributed by atoms with Crippen molar-refractivity contribution in [2.45, 2.75) is 58.0 Å². The van der Waals surface area contributed by atoms with Crippen LogP contribution in [0.4, 0.5) is 5.69 Å². The summed E-state index contributed by atoms with van der Waals surface area (Å²) >= 11 is 0. The smallest absolute Gasteiger partial charge is 0.326 e. The minimum atomic E-state index is -0.988. The molecular formula is C24H32N2O5. The van der Waals surface area contributed by atoms with Gasteiger partial charge < -0.3 is 20.1 Å². The molecule has 0 aliphatic heterocycles. The minimum absolute atomic E-state index is 0.0926. The van der Waals surface area contributed by atoms with Crippen molar-refractivity contribution in [1.29, 1.82) is 0 Å². The van der Waals surface area contributed by atoms with Gasteiger partial charge in [0.1, 0.15) is 12.3 Å². The molecule has 4 fully saturated rings. The second kappa shape index (κ2) is 8.89. The van der Waals surface area contributed by atoms with Crippen molar-refractivity contribution in [2.24, 2.45) is 23.2 Å². The zero-order chi connectivity index (χ0) is 22.0. The van der Waals surface area contributed by atoms with E-state index in [1.165, 1.54) is 33.3 Å². The number of methoxy groups -OCH3 is 1. The monoisotopic (exact) mass is 428 g/mol. The van der Waals surface area contributed by atoms with Crippen molar-refractivity contribution < 1.29 is 23.9 Å². The lowest BCUT2D eigenvalue weighted by Gasteiger charge is -2.56. The third-order valence-corrected chi connectivity index (χ3v) is 7.17. The van der Waals surface area contributed by atoms with Crippen molar-refractivity contribution in [3.63, 3.8) is 0 Å². The van der Waals surface area contributed by atoms with Gasteiger partial charge in [-0.05, 0) is 80.8 Å². The van der Waals surface area contributed by atoms with Gasteiger partial charge in [-0.2, -0.15) is 0 Å². The quantitative estimate of drug-likeness (QED) is 0.620. The third kappa shape index (κ3) is 5.02. The number of hydrogen-bond donors (Lipinski definition) is 2. The molecule has 4 aliphatic rings. The van der Waals surface area contributed by atoms with Crippen molar-refractivity contribution >= 4 is 23.5 Å². The average Bonchev–Trinajstić information content (AvgIpc) is 2.71. The van der Waals surface area contributed by atoms with E-state index in [1.54, 1.807) is 24.3 Å². The summed E-state index contributed by atoms with van der Waals surface area (Å²) in [5.74, 6) is 1.69. The van der Waals surface area contributed by atoms with Gasteiger partial charge in [-0.15, -0.1) is 0 Å². The highest BCUT2D eigenvalue weighted by molar-refractivity contribution is 5.96. The number of benzene rings is 1. The summed E-state index contributed by atoms with van der Waals surface area (Å²) in [5.41, 5.74) is 0.631. The van der Waals surface area contributed by atoms with E-state index in [9.17, 15) is 14.4 Å². The van der Waals surface area contributed by atoms with Crippen LogP contribution in [0.3, 0.4) is 0 Å². The molecule has 4 aliphatic carbocycles. The van der Waals surface area contributed by atoms with Gasteiger partial charge in [-0.25, -0.2) is 0 Å². The SMILES string of the molecule is COc1ccccc1NC(=O)[C@H](C)OC(=O)CNC(=O)CC12CC3CC(CC(C3)C1)C2. The molecule has 0 saturated heterocycles. The van der Waals surface area contributed by atoms with Crippen LogP contribution in [0.5, 0.6) is 5.75 Å². The lowest BCUT2D eigenvalue weighted by atomic mass is 9.49. The van der Waals surface area contributed by atoms with E-state index in [2.05, 4.69) is 10.6 Å². The van der Waals surface area contributed by atoms with Crippen molar-refractivity contribution in [2.75, 3.05) is 19.0 Å². The largest absolute Gasteiger partial charge is 0.495 e. The third-order valence-electron chi connectivity index (χ3n) is 7.17. The van der Waals surface area contributed by atoms with E-state index in [-0.39, 0.29) is 17.9 Å². The highest BCUT2D eigenvalue weighted by atomic mass is 16.5. The fraction of sp³-hybridized carbons (Fsp3) is 0.625. The van der Waals surface area contributed by atoms with Crippen LogP contribution in [0.2, 0.25) is 0 Å². The zero-order valence-electron chi connectivity index (χ0n) is 18.3. The van der Waals surface area contributed by atoms with Gasteiger partial charge in [-0.1, -0.05) is 12.1 Å². The predicted octanol–water partition coefficient (Wildman–Crippen LogP) is 3.29. The van der Waals surface area contributed by atoms with Crippen LogP contribution >= 0.6 is 0 Å². The molecule has 2 amide bonds. The van der Waals surface area contributed by atoms with Crippen molar-refractivity contribution in [3.05, 3.63) is 24.3 Å². The summed E-state index contributed by atoms with van der Waals surface area (Å²) in [5, 5.41) is 5.39. The van der Waals surface area contributed by atoms with Gasteiger partial charge in [0.15, 0.2) is 6.10 Å². The number of para-hydroxylation sites is 2. The van der Waals surface area contributed by atoms with Crippen LogP contribution in [0.15, 0.2) is 24.3 Å². The van der Waals surface area contributed by atoms with Crippen molar-refractivity contribution in [3.8, 4) is 5.75 Å². The summed E-state index contributed by atoms with van der Waals surface area (Å²) in [6, 6.07) is 7.00. The van der Waals surface area contributed by atoms with Gasteiger partial charge in [-0.3, -0.25) is 14.4 Å². The van der Waals surface area contributed by atoms with Crippen LogP contribution in [0.25, 0.3) is 0 Å². The van der Waals surface area contributed by atoms with E-state index in [0.717, 1.165) is 37.0 Å². The standard InChI is InChI=1S/C24H32N2O5/c1-15(23(29)26-19-5-3-4-6-20(19)30-2)31-22(28)14-25-21(27)13-24-10-16-7-17(11-24)9-18(8-16)12-24/h3-6,15-18H,7-14H2,1-2H3,(H,25,27)(H,26,29)/t15-,16?,17?,18?,24?/m0/s1. The molecule has 1 atom stereocenters. The normalized spacial score (nSPS) is 29.2. The van der Waals surface area contributed by atoms with Crippen LogP contribution in [-0.2, 0) is 19.1 Å². The zero-order valence-corrected chi connectivity index (χ0v) is 18.3. The number of amides is 2. The van der Waals surface area contributed by atoms with E-state index in [0.29, 0.717) is 17.9 Å². The van der Waals surface area contributed by atoms with E-state index < -0.39 is 18.0 Å². The maximum absolute atomic E-state index is 12.6. The Labute approximate surface area is 183 Å². The maximum Gasteiger partial charge on any atom is 0.326 e. The Morgan fingerprint density at radius 2 is 1.68 bits per heavy atom. The van der Waals surface area contributed by atoms with Gasteiger partial charge in [0, 0.05) is 6.42 Å². The molecule has 168 valence electrons. The number of carbonyl (C=O) groups is 3. The molecular weight excluding hydrogens is 396 g/mol. The first-order valence-electron chi connectivity index (χ1n) is 11.3. The molecule has 7 heteroatoms. The second-order valence-corrected chi connectivity index (χ2v) is 9.69. The first-order valence-corrected chi connectivity index (χ1v) is 11.3. The predicted molar refractivity (Wildman–Crippen MR) is 115 cm³/mol. The highest BCUT2D eigenvalue weighted by Crippen LogP contribution is 2.61. The van der Waals surface area contributed by atoms with Crippen LogP contribution in [-0.4, -0.2) is 37.5 Å². The number of esters is 1. The molecule has 31 heavy (non-hydrogen) atoms. The Morgan fingerprint density at radius 3 is 2.29 bits per heavy atom. The first-order chi connectivity index (χ1) is 14.9. The topological polar surface area (TPSA) is 93.7 Å². The number of nitrogens with one attached hydrogen (secondary N) is 2. The Bertz CT molecular complexity index is 817. The van der Waals surface area contributed by atoms with Gasteiger partial charge in [0.25, 0.3) is 5.91 Å². The average molecular weight is 429 g/mol. The fourth-order valence-electron chi connectivity index (χ4n) is 6.35. The molecule has 0 heterocycles. The summed E-state index contributed by atoms with van der Waals surface area (Å²) in [4.78, 5) is 37.1. The molecule has 2 N–H and O–H groups in total. The molecule has 7 nitrogen and oxygen atoms in total. The Kier molecular flexibility index (Phi) is 6.21. The van der Waals surface area contributed by atoms with Gasteiger partial charge >= 0.3 is 5.97 Å². The Morgan fingerprint density at radius 1 is 1.06 bits per heavy atom. The van der Waals surface area contributed by atoms with Crippen LogP contribution in [0, 0.1) is 23.2 Å². The van der Waals surface area contributed by atoms with Gasteiger partial charge in [0.05, 0.1) is 12.8 Å². The summed E-state index contributed by atoms with van der Waals surface area (Å²) in [7, 11) is 1.51. The molecule has 1 aromatic carbocycles. The lowest BCUT2D eigenvalue weighted by molar-refractivity contribution is -0.153. The molecule has 0 radical (unpaired) electrons. The molecule has 0 aromatic heterocycles. The van der Waals surface area contributed by atoms with Gasteiger partial charge in [0.2, 0.25) is 5.91 Å². The number of ether oxygens (including phenoxy) is 2.